The molecular weight excluding hydrogens is 526 g/mol. The minimum Gasteiger partial charge on any atom is -0.493 e. The predicted octanol–water partition coefficient (Wildman–Crippen LogP) is 6.93. The fourth-order valence-electron chi connectivity index (χ4n) is 3.29. The largest absolute Gasteiger partial charge is 0.493 e. The molecule has 3 aromatic carbocycles. The zero-order valence-corrected chi connectivity index (χ0v) is 20.7. The molecule has 0 atom stereocenters. The summed E-state index contributed by atoms with van der Waals surface area (Å²) in [7, 11) is 1.55. The number of benzene rings is 3. The van der Waals surface area contributed by atoms with Crippen LogP contribution in [0.2, 0.25) is 5.02 Å². The zero-order valence-electron chi connectivity index (χ0n) is 17.6. The van der Waals surface area contributed by atoms with Gasteiger partial charge in [-0.25, -0.2) is 0 Å². The molecule has 1 heterocycles. The maximum absolute atomic E-state index is 13.0. The molecule has 2 amide bonds. The summed E-state index contributed by atoms with van der Waals surface area (Å²) in [5.74, 6) is 0.677. The van der Waals surface area contributed by atoms with Crippen molar-refractivity contribution < 1.29 is 19.1 Å². The molecule has 1 saturated heterocycles. The molecule has 3 aromatic rings. The van der Waals surface area contributed by atoms with E-state index in [0.717, 1.165) is 27.4 Å². The van der Waals surface area contributed by atoms with Gasteiger partial charge >= 0.3 is 0 Å². The molecule has 0 aromatic heterocycles. The average molecular weight is 545 g/mol. The van der Waals surface area contributed by atoms with Crippen LogP contribution in [0.3, 0.4) is 0 Å². The molecule has 1 fully saturated rings. The van der Waals surface area contributed by atoms with Crippen LogP contribution in [0.4, 0.5) is 4.79 Å². The van der Waals surface area contributed by atoms with Gasteiger partial charge in [0.2, 0.25) is 0 Å². The van der Waals surface area contributed by atoms with Gasteiger partial charge in [0.1, 0.15) is 6.61 Å². The highest BCUT2D eigenvalue weighted by molar-refractivity contribution is 9.10. The highest BCUT2D eigenvalue weighted by atomic mass is 79.9. The van der Waals surface area contributed by atoms with Crippen molar-refractivity contribution >= 4 is 56.5 Å². The van der Waals surface area contributed by atoms with Crippen LogP contribution in [0, 0.1) is 0 Å². The standard InChI is InChI=1S/C25H19BrClNO4S/c1-31-21-7-3-5-18(23(21)32-15-17-4-2-6-20(27)12-17)13-22-24(29)28(25(30)33-22)14-16-8-10-19(26)11-9-16/h2-13H,14-15H2,1H3/b22-13-. The summed E-state index contributed by atoms with van der Waals surface area (Å²) < 4.78 is 12.5. The highest BCUT2D eigenvalue weighted by Crippen LogP contribution is 2.38. The van der Waals surface area contributed by atoms with E-state index >= 15 is 0 Å². The maximum Gasteiger partial charge on any atom is 0.293 e. The Morgan fingerprint density at radius 2 is 1.79 bits per heavy atom. The summed E-state index contributed by atoms with van der Waals surface area (Å²) in [5, 5.41) is 0.314. The van der Waals surface area contributed by atoms with Crippen molar-refractivity contribution in [1.29, 1.82) is 0 Å². The number of hydrogen-bond donors (Lipinski definition) is 0. The molecule has 1 aliphatic heterocycles. The van der Waals surface area contributed by atoms with Gasteiger partial charge in [0.25, 0.3) is 11.1 Å². The Kier molecular flexibility index (Phi) is 7.42. The molecular formula is C25H19BrClNO4S. The SMILES string of the molecule is COc1cccc(/C=C2\SC(=O)N(Cc3ccc(Br)cc3)C2=O)c1OCc1cccc(Cl)c1. The summed E-state index contributed by atoms with van der Waals surface area (Å²) in [4.78, 5) is 27.1. The third-order valence-electron chi connectivity index (χ3n) is 4.92. The predicted molar refractivity (Wildman–Crippen MR) is 134 cm³/mol. The number of carbonyl (C=O) groups excluding carboxylic acids is 2. The molecule has 0 unspecified atom stereocenters. The number of halogens is 2. The van der Waals surface area contributed by atoms with Crippen molar-refractivity contribution in [3.63, 3.8) is 0 Å². The van der Waals surface area contributed by atoms with Crippen LogP contribution in [0.25, 0.3) is 6.08 Å². The van der Waals surface area contributed by atoms with Crippen LogP contribution in [0.15, 0.2) is 76.1 Å². The number of hydrogen-bond acceptors (Lipinski definition) is 5. The van der Waals surface area contributed by atoms with Gasteiger partial charge in [-0.1, -0.05) is 63.9 Å². The molecule has 168 valence electrons. The van der Waals surface area contributed by atoms with Crippen molar-refractivity contribution in [2.45, 2.75) is 13.2 Å². The van der Waals surface area contributed by atoms with E-state index in [-0.39, 0.29) is 24.3 Å². The van der Waals surface area contributed by atoms with E-state index in [4.69, 9.17) is 21.1 Å². The molecule has 4 rings (SSSR count). The van der Waals surface area contributed by atoms with Crippen molar-refractivity contribution in [3.05, 3.63) is 97.8 Å². The Morgan fingerprint density at radius 3 is 2.52 bits per heavy atom. The normalized spacial score (nSPS) is 14.8. The number of imide groups is 1. The van der Waals surface area contributed by atoms with E-state index in [9.17, 15) is 9.59 Å². The first-order valence-electron chi connectivity index (χ1n) is 9.98. The molecule has 33 heavy (non-hydrogen) atoms. The van der Waals surface area contributed by atoms with Gasteiger partial charge < -0.3 is 9.47 Å². The maximum atomic E-state index is 13.0. The van der Waals surface area contributed by atoms with Gasteiger partial charge in [0, 0.05) is 15.1 Å². The second kappa shape index (κ2) is 10.5. The summed E-state index contributed by atoms with van der Waals surface area (Å²) >= 11 is 10.4. The number of para-hydroxylation sites is 1. The van der Waals surface area contributed by atoms with Crippen LogP contribution in [0.5, 0.6) is 11.5 Å². The van der Waals surface area contributed by atoms with E-state index in [1.165, 1.54) is 4.90 Å². The van der Waals surface area contributed by atoms with Gasteiger partial charge in [-0.15, -0.1) is 0 Å². The van der Waals surface area contributed by atoms with E-state index in [2.05, 4.69) is 15.9 Å². The zero-order chi connectivity index (χ0) is 23.4. The topological polar surface area (TPSA) is 55.8 Å². The molecule has 0 radical (unpaired) electrons. The first-order chi connectivity index (χ1) is 15.9. The first-order valence-corrected chi connectivity index (χ1v) is 12.0. The van der Waals surface area contributed by atoms with Gasteiger partial charge in [-0.3, -0.25) is 14.5 Å². The molecule has 0 saturated carbocycles. The van der Waals surface area contributed by atoms with Crippen molar-refractivity contribution in [2.75, 3.05) is 7.11 Å². The van der Waals surface area contributed by atoms with Gasteiger partial charge in [0.05, 0.1) is 18.6 Å². The lowest BCUT2D eigenvalue weighted by atomic mass is 10.1. The van der Waals surface area contributed by atoms with Gasteiger partial charge in [-0.05, 0) is 59.3 Å². The molecule has 0 aliphatic carbocycles. The Labute approximate surface area is 209 Å². The monoisotopic (exact) mass is 543 g/mol. The number of amides is 2. The summed E-state index contributed by atoms with van der Waals surface area (Å²) in [5.41, 5.74) is 2.41. The third-order valence-corrected chi connectivity index (χ3v) is 6.59. The van der Waals surface area contributed by atoms with Crippen molar-refractivity contribution in [2.24, 2.45) is 0 Å². The van der Waals surface area contributed by atoms with E-state index in [1.807, 2.05) is 54.6 Å². The van der Waals surface area contributed by atoms with Gasteiger partial charge in [0.15, 0.2) is 11.5 Å². The molecule has 8 heteroatoms. The minimum atomic E-state index is -0.337. The molecule has 0 bridgehead atoms. The number of thioether (sulfide) groups is 1. The number of ether oxygens (including phenoxy) is 2. The van der Waals surface area contributed by atoms with Gasteiger partial charge in [-0.2, -0.15) is 0 Å². The van der Waals surface area contributed by atoms with Crippen molar-refractivity contribution in [3.8, 4) is 11.5 Å². The minimum absolute atomic E-state index is 0.214. The average Bonchev–Trinajstić information content (AvgIpc) is 3.06. The van der Waals surface area contributed by atoms with E-state index < -0.39 is 0 Å². The van der Waals surface area contributed by atoms with Crippen LogP contribution in [-0.2, 0) is 17.9 Å². The van der Waals surface area contributed by atoms with Crippen LogP contribution < -0.4 is 9.47 Å². The first kappa shape index (κ1) is 23.4. The lowest BCUT2D eigenvalue weighted by Gasteiger charge is -2.14. The summed E-state index contributed by atoms with van der Waals surface area (Å²) in [6.45, 7) is 0.484. The highest BCUT2D eigenvalue weighted by Gasteiger charge is 2.35. The fourth-order valence-corrected chi connectivity index (χ4v) is 4.60. The lowest BCUT2D eigenvalue weighted by Crippen LogP contribution is -2.27. The lowest BCUT2D eigenvalue weighted by molar-refractivity contribution is -0.123. The van der Waals surface area contributed by atoms with E-state index in [0.29, 0.717) is 27.0 Å². The Balaban J connectivity index is 1.58. The molecule has 0 spiro atoms. The number of methoxy groups -OCH3 is 1. The second-order valence-electron chi connectivity index (χ2n) is 7.19. The van der Waals surface area contributed by atoms with E-state index in [1.54, 1.807) is 25.3 Å². The number of carbonyl (C=O) groups is 2. The Morgan fingerprint density at radius 1 is 1.03 bits per heavy atom. The van der Waals surface area contributed by atoms with Crippen LogP contribution >= 0.6 is 39.3 Å². The number of nitrogens with zero attached hydrogens (tertiary/aromatic N) is 1. The molecule has 5 nitrogen and oxygen atoms in total. The smallest absolute Gasteiger partial charge is 0.293 e. The number of rotatable bonds is 7. The summed E-state index contributed by atoms with van der Waals surface area (Å²) in [6.07, 6.45) is 1.67. The fraction of sp³-hybridized carbons (Fsp3) is 0.120. The van der Waals surface area contributed by atoms with Crippen molar-refractivity contribution in [1.82, 2.24) is 4.90 Å². The van der Waals surface area contributed by atoms with Crippen LogP contribution in [0.1, 0.15) is 16.7 Å². The quantitative estimate of drug-likeness (QED) is 0.302. The van der Waals surface area contributed by atoms with Crippen LogP contribution in [-0.4, -0.2) is 23.2 Å². The third kappa shape index (κ3) is 5.61. The second-order valence-corrected chi connectivity index (χ2v) is 9.54. The Bertz CT molecular complexity index is 1230. The molecule has 1 aliphatic rings. The Hall–Kier alpha value is -2.74. The molecule has 0 N–H and O–H groups in total. The summed E-state index contributed by atoms with van der Waals surface area (Å²) in [6, 6.07) is 20.3.